The van der Waals surface area contributed by atoms with Gasteiger partial charge in [0, 0.05) is 29.9 Å². The standard InChI is InChI=1S/C25H23BrN2O3/c1-16-20-13-12-19(24(30)28(17(2)29)22-11-7-6-10-21(22)26)14-23(16)27(25(20)31)15-18-8-4-3-5-9-18/h3-12,20,23H,1,13-15H2,2H3/t20-,23+/m0/s1. The molecule has 1 fully saturated rings. The number of benzene rings is 2. The highest BCUT2D eigenvalue weighted by molar-refractivity contribution is 9.10. The SMILES string of the molecule is C=C1[C@@H]2CC=C(C(=O)N(C(C)=O)c3ccccc3Br)C[C@H]1N(Cc1ccccc1)C2=O. The van der Waals surface area contributed by atoms with Gasteiger partial charge in [-0.2, -0.15) is 0 Å². The smallest absolute Gasteiger partial charge is 0.260 e. The number of fused-ring (bicyclic) bond motifs is 2. The fourth-order valence-corrected chi connectivity index (χ4v) is 4.79. The van der Waals surface area contributed by atoms with Crippen LogP contribution in [-0.2, 0) is 20.9 Å². The number of amides is 3. The van der Waals surface area contributed by atoms with E-state index >= 15 is 0 Å². The summed E-state index contributed by atoms with van der Waals surface area (Å²) in [6.45, 7) is 6.05. The third-order valence-corrected chi connectivity index (χ3v) is 6.60. The van der Waals surface area contributed by atoms with Gasteiger partial charge in [-0.05, 0) is 45.6 Å². The minimum Gasteiger partial charge on any atom is -0.331 e. The molecule has 2 aromatic carbocycles. The molecule has 1 saturated heterocycles. The Morgan fingerprint density at radius 2 is 1.81 bits per heavy atom. The average molecular weight is 479 g/mol. The van der Waals surface area contributed by atoms with Gasteiger partial charge in [0.05, 0.1) is 17.6 Å². The highest BCUT2D eigenvalue weighted by Gasteiger charge is 2.45. The first-order valence-electron chi connectivity index (χ1n) is 10.2. The number of para-hydroxylation sites is 1. The first-order valence-corrected chi connectivity index (χ1v) is 11.0. The highest BCUT2D eigenvalue weighted by Crippen LogP contribution is 2.40. The van der Waals surface area contributed by atoms with Gasteiger partial charge in [-0.3, -0.25) is 14.4 Å². The summed E-state index contributed by atoms with van der Waals surface area (Å²) in [5, 5.41) is 0. The first kappa shape index (κ1) is 21.2. The summed E-state index contributed by atoms with van der Waals surface area (Å²) >= 11 is 3.44. The van der Waals surface area contributed by atoms with Crippen LogP contribution < -0.4 is 4.90 Å². The molecule has 31 heavy (non-hydrogen) atoms. The molecular weight excluding hydrogens is 456 g/mol. The molecule has 0 aromatic heterocycles. The zero-order valence-corrected chi connectivity index (χ0v) is 18.8. The molecule has 2 bridgehead atoms. The average Bonchev–Trinajstić information content (AvgIpc) is 2.87. The van der Waals surface area contributed by atoms with E-state index in [4.69, 9.17) is 0 Å². The van der Waals surface area contributed by atoms with Crippen LogP contribution in [-0.4, -0.2) is 28.7 Å². The van der Waals surface area contributed by atoms with Gasteiger partial charge in [-0.1, -0.05) is 55.1 Å². The maximum absolute atomic E-state index is 13.5. The molecule has 1 aliphatic heterocycles. The molecule has 2 aromatic rings. The number of carbonyl (C=O) groups is 3. The lowest BCUT2D eigenvalue weighted by Crippen LogP contribution is -2.40. The van der Waals surface area contributed by atoms with Crippen molar-refractivity contribution in [1.29, 1.82) is 0 Å². The van der Waals surface area contributed by atoms with Gasteiger partial charge in [0.15, 0.2) is 0 Å². The first-order chi connectivity index (χ1) is 14.9. The quantitative estimate of drug-likeness (QED) is 0.601. The van der Waals surface area contributed by atoms with Gasteiger partial charge in [0.2, 0.25) is 11.8 Å². The van der Waals surface area contributed by atoms with Gasteiger partial charge in [0.1, 0.15) is 0 Å². The molecule has 0 unspecified atom stereocenters. The van der Waals surface area contributed by atoms with E-state index in [0.29, 0.717) is 35.1 Å². The van der Waals surface area contributed by atoms with E-state index in [1.165, 1.54) is 11.8 Å². The zero-order valence-electron chi connectivity index (χ0n) is 17.3. The summed E-state index contributed by atoms with van der Waals surface area (Å²) in [5.41, 5.74) is 2.91. The number of imide groups is 1. The number of halogens is 1. The molecule has 1 heterocycles. The maximum Gasteiger partial charge on any atom is 0.260 e. The Morgan fingerprint density at radius 1 is 1.13 bits per heavy atom. The Bertz CT molecular complexity index is 1090. The predicted molar refractivity (Wildman–Crippen MR) is 123 cm³/mol. The third kappa shape index (κ3) is 4.00. The summed E-state index contributed by atoms with van der Waals surface area (Å²) in [7, 11) is 0. The van der Waals surface area contributed by atoms with E-state index in [1.54, 1.807) is 18.2 Å². The van der Waals surface area contributed by atoms with Crippen LogP contribution in [0.2, 0.25) is 0 Å². The monoisotopic (exact) mass is 478 g/mol. The largest absolute Gasteiger partial charge is 0.331 e. The van der Waals surface area contributed by atoms with Crippen LogP contribution >= 0.6 is 15.9 Å². The summed E-state index contributed by atoms with van der Waals surface area (Å²) in [6, 6.07) is 16.7. The molecule has 5 nitrogen and oxygen atoms in total. The van der Waals surface area contributed by atoms with Crippen LogP contribution in [0, 0.1) is 5.92 Å². The molecule has 1 aliphatic carbocycles. The minimum absolute atomic E-state index is 0.0517. The van der Waals surface area contributed by atoms with E-state index in [1.807, 2.05) is 47.4 Å². The van der Waals surface area contributed by atoms with Crippen LogP contribution in [0.25, 0.3) is 0 Å². The number of hydrogen-bond acceptors (Lipinski definition) is 3. The molecule has 6 heteroatoms. The van der Waals surface area contributed by atoms with E-state index in [-0.39, 0.29) is 29.7 Å². The summed E-state index contributed by atoms with van der Waals surface area (Å²) in [6.07, 6.45) is 2.58. The van der Waals surface area contributed by atoms with E-state index in [0.717, 1.165) is 11.1 Å². The topological polar surface area (TPSA) is 57.7 Å². The van der Waals surface area contributed by atoms with Crippen molar-refractivity contribution < 1.29 is 14.4 Å². The van der Waals surface area contributed by atoms with Crippen LogP contribution in [0.1, 0.15) is 25.3 Å². The van der Waals surface area contributed by atoms with Gasteiger partial charge in [0.25, 0.3) is 5.91 Å². The number of carbonyl (C=O) groups excluding carboxylic acids is 3. The van der Waals surface area contributed by atoms with E-state index < -0.39 is 0 Å². The molecule has 0 N–H and O–H groups in total. The van der Waals surface area contributed by atoms with Crippen LogP contribution in [0.5, 0.6) is 0 Å². The second-order valence-corrected chi connectivity index (χ2v) is 8.73. The molecule has 0 saturated carbocycles. The Kier molecular flexibility index (Phi) is 5.92. The van der Waals surface area contributed by atoms with Crippen molar-refractivity contribution in [1.82, 2.24) is 4.90 Å². The lowest BCUT2D eigenvalue weighted by Gasteiger charge is -2.28. The number of anilines is 1. The molecule has 0 spiro atoms. The fourth-order valence-electron chi connectivity index (χ4n) is 4.33. The van der Waals surface area contributed by atoms with E-state index in [2.05, 4.69) is 22.5 Å². The number of likely N-dealkylation sites (tertiary alicyclic amines) is 1. The molecule has 2 aliphatic rings. The van der Waals surface area contributed by atoms with Crippen molar-refractivity contribution >= 4 is 39.3 Å². The van der Waals surface area contributed by atoms with Gasteiger partial charge in [-0.15, -0.1) is 0 Å². The van der Waals surface area contributed by atoms with Crippen molar-refractivity contribution in [2.45, 2.75) is 32.4 Å². The zero-order chi connectivity index (χ0) is 22.1. The number of allylic oxidation sites excluding steroid dienone is 1. The minimum atomic E-state index is -0.358. The Balaban J connectivity index is 1.63. The Morgan fingerprint density at radius 3 is 2.48 bits per heavy atom. The lowest BCUT2D eigenvalue weighted by atomic mass is 9.97. The molecule has 3 amide bonds. The number of hydrogen-bond donors (Lipinski definition) is 0. The molecule has 158 valence electrons. The van der Waals surface area contributed by atoms with E-state index in [9.17, 15) is 14.4 Å². The van der Waals surface area contributed by atoms with Crippen molar-refractivity contribution in [2.75, 3.05) is 4.90 Å². The van der Waals surface area contributed by atoms with Gasteiger partial charge < -0.3 is 4.90 Å². The van der Waals surface area contributed by atoms with Crippen LogP contribution in [0.4, 0.5) is 5.69 Å². The Labute approximate surface area is 190 Å². The van der Waals surface area contributed by atoms with Crippen molar-refractivity contribution in [3.05, 3.63) is 88.4 Å². The third-order valence-electron chi connectivity index (χ3n) is 5.93. The van der Waals surface area contributed by atoms with Gasteiger partial charge in [-0.25, -0.2) is 4.90 Å². The summed E-state index contributed by atoms with van der Waals surface area (Å²) in [5.74, 6) is -0.987. The van der Waals surface area contributed by atoms with Crippen molar-refractivity contribution in [2.24, 2.45) is 5.92 Å². The highest BCUT2D eigenvalue weighted by atomic mass is 79.9. The van der Waals surface area contributed by atoms with Gasteiger partial charge >= 0.3 is 0 Å². The van der Waals surface area contributed by atoms with Crippen molar-refractivity contribution in [3.8, 4) is 0 Å². The molecular formula is C25H23BrN2O3. The predicted octanol–water partition coefficient (Wildman–Crippen LogP) is 4.63. The van der Waals surface area contributed by atoms with Crippen LogP contribution in [0.15, 0.2) is 82.9 Å². The second kappa shape index (κ2) is 8.63. The number of rotatable bonds is 4. The molecule has 4 rings (SSSR count). The Hall–Kier alpha value is -2.99. The lowest BCUT2D eigenvalue weighted by molar-refractivity contribution is -0.133. The van der Waals surface area contributed by atoms with Crippen LogP contribution in [0.3, 0.4) is 0 Å². The molecule has 0 radical (unpaired) electrons. The second-order valence-electron chi connectivity index (χ2n) is 7.88. The maximum atomic E-state index is 13.5. The fraction of sp³-hybridized carbons (Fsp3) is 0.240. The number of nitrogens with zero attached hydrogens (tertiary/aromatic N) is 2. The summed E-state index contributed by atoms with van der Waals surface area (Å²) < 4.78 is 0.666. The van der Waals surface area contributed by atoms with Crippen molar-refractivity contribution in [3.63, 3.8) is 0 Å². The molecule has 2 atom stereocenters. The normalized spacial score (nSPS) is 20.3. The summed E-state index contributed by atoms with van der Waals surface area (Å²) in [4.78, 5) is 41.9.